The minimum atomic E-state index is 0.126. The molecule has 2 aromatic rings. The lowest BCUT2D eigenvalue weighted by Gasteiger charge is -2.07. The van der Waals surface area contributed by atoms with Crippen LogP contribution < -0.4 is 14.2 Å². The van der Waals surface area contributed by atoms with Gasteiger partial charge < -0.3 is 19.3 Å². The highest BCUT2D eigenvalue weighted by molar-refractivity contribution is 5.72. The Morgan fingerprint density at radius 2 is 1.24 bits per heavy atom. The van der Waals surface area contributed by atoms with Crippen molar-refractivity contribution in [3.8, 4) is 23.0 Å². The molecule has 0 radical (unpaired) electrons. The SMILES string of the molecule is COc1cc(/C=C/c2ccc(OC)c(OC)c2)ccc1O. The molecule has 0 spiro atoms. The van der Waals surface area contributed by atoms with Crippen molar-refractivity contribution in [2.45, 2.75) is 0 Å². The van der Waals surface area contributed by atoms with Crippen molar-refractivity contribution in [1.82, 2.24) is 0 Å². The Labute approximate surface area is 124 Å². The monoisotopic (exact) mass is 286 g/mol. The second-order valence-corrected chi connectivity index (χ2v) is 4.38. The Hall–Kier alpha value is -2.62. The predicted molar refractivity (Wildman–Crippen MR) is 83.1 cm³/mol. The fourth-order valence-corrected chi connectivity index (χ4v) is 1.95. The molecule has 0 heterocycles. The number of phenols is 1. The highest BCUT2D eigenvalue weighted by Crippen LogP contribution is 2.29. The van der Waals surface area contributed by atoms with E-state index >= 15 is 0 Å². The number of benzene rings is 2. The van der Waals surface area contributed by atoms with Gasteiger partial charge in [-0.1, -0.05) is 24.3 Å². The van der Waals surface area contributed by atoms with Crippen LogP contribution in [-0.4, -0.2) is 26.4 Å². The fraction of sp³-hybridized carbons (Fsp3) is 0.176. The zero-order chi connectivity index (χ0) is 15.2. The molecule has 0 amide bonds. The van der Waals surface area contributed by atoms with Gasteiger partial charge in [0.05, 0.1) is 21.3 Å². The van der Waals surface area contributed by atoms with Gasteiger partial charge in [0.2, 0.25) is 0 Å². The summed E-state index contributed by atoms with van der Waals surface area (Å²) >= 11 is 0. The zero-order valence-electron chi connectivity index (χ0n) is 12.3. The summed E-state index contributed by atoms with van der Waals surface area (Å²) < 4.78 is 15.6. The molecule has 2 aromatic carbocycles. The van der Waals surface area contributed by atoms with Gasteiger partial charge in [0.25, 0.3) is 0 Å². The van der Waals surface area contributed by atoms with E-state index in [9.17, 15) is 5.11 Å². The van der Waals surface area contributed by atoms with E-state index in [4.69, 9.17) is 14.2 Å². The maximum Gasteiger partial charge on any atom is 0.161 e. The molecule has 0 aliphatic rings. The van der Waals surface area contributed by atoms with Crippen molar-refractivity contribution in [2.75, 3.05) is 21.3 Å². The third-order valence-electron chi connectivity index (χ3n) is 3.08. The van der Waals surface area contributed by atoms with Crippen LogP contribution in [-0.2, 0) is 0 Å². The van der Waals surface area contributed by atoms with Crippen LogP contribution in [0.4, 0.5) is 0 Å². The summed E-state index contributed by atoms with van der Waals surface area (Å²) in [7, 11) is 4.74. The van der Waals surface area contributed by atoms with Crippen LogP contribution in [0.2, 0.25) is 0 Å². The number of methoxy groups -OCH3 is 3. The van der Waals surface area contributed by atoms with E-state index in [0.29, 0.717) is 17.2 Å². The molecule has 0 unspecified atom stereocenters. The summed E-state index contributed by atoms with van der Waals surface area (Å²) in [6.45, 7) is 0. The summed E-state index contributed by atoms with van der Waals surface area (Å²) in [4.78, 5) is 0. The van der Waals surface area contributed by atoms with Gasteiger partial charge in [0, 0.05) is 0 Å². The van der Waals surface area contributed by atoms with E-state index in [2.05, 4.69) is 0 Å². The van der Waals surface area contributed by atoms with Crippen LogP contribution in [0, 0.1) is 0 Å². The minimum Gasteiger partial charge on any atom is -0.504 e. The Morgan fingerprint density at radius 3 is 1.81 bits per heavy atom. The minimum absolute atomic E-state index is 0.126. The Balaban J connectivity index is 2.25. The summed E-state index contributed by atoms with van der Waals surface area (Å²) in [5, 5.41) is 9.57. The van der Waals surface area contributed by atoms with Crippen LogP contribution in [0.25, 0.3) is 12.2 Å². The average Bonchev–Trinajstić information content (AvgIpc) is 2.53. The summed E-state index contributed by atoms with van der Waals surface area (Å²) in [5.41, 5.74) is 1.92. The molecule has 0 aromatic heterocycles. The molecule has 0 saturated carbocycles. The van der Waals surface area contributed by atoms with Crippen molar-refractivity contribution >= 4 is 12.2 Å². The van der Waals surface area contributed by atoms with Crippen LogP contribution in [0.3, 0.4) is 0 Å². The molecule has 0 fully saturated rings. The number of aromatic hydroxyl groups is 1. The first-order chi connectivity index (χ1) is 10.2. The van der Waals surface area contributed by atoms with Crippen LogP contribution in [0.1, 0.15) is 11.1 Å². The summed E-state index contributed by atoms with van der Waals surface area (Å²) in [6, 6.07) is 10.9. The van der Waals surface area contributed by atoms with E-state index in [0.717, 1.165) is 11.1 Å². The van der Waals surface area contributed by atoms with Crippen LogP contribution in [0.5, 0.6) is 23.0 Å². The number of hydrogen-bond acceptors (Lipinski definition) is 4. The fourth-order valence-electron chi connectivity index (χ4n) is 1.95. The quantitative estimate of drug-likeness (QED) is 0.853. The molecule has 2 rings (SSSR count). The first-order valence-electron chi connectivity index (χ1n) is 6.45. The standard InChI is InChI=1S/C17H18O4/c1-19-15-9-7-13(11-17(15)21-3)5-4-12-6-8-14(18)16(10-12)20-2/h4-11,18H,1-3H3/b5-4+. The van der Waals surface area contributed by atoms with Crippen LogP contribution >= 0.6 is 0 Å². The van der Waals surface area contributed by atoms with E-state index in [-0.39, 0.29) is 5.75 Å². The molecule has 0 aliphatic carbocycles. The van der Waals surface area contributed by atoms with Gasteiger partial charge >= 0.3 is 0 Å². The van der Waals surface area contributed by atoms with Gasteiger partial charge in [-0.3, -0.25) is 0 Å². The van der Waals surface area contributed by atoms with Gasteiger partial charge in [-0.25, -0.2) is 0 Å². The lowest BCUT2D eigenvalue weighted by atomic mass is 10.1. The molecule has 110 valence electrons. The molecule has 4 heteroatoms. The largest absolute Gasteiger partial charge is 0.504 e. The van der Waals surface area contributed by atoms with Gasteiger partial charge in [-0.2, -0.15) is 0 Å². The predicted octanol–water partition coefficient (Wildman–Crippen LogP) is 3.59. The molecule has 0 bridgehead atoms. The lowest BCUT2D eigenvalue weighted by Crippen LogP contribution is -1.90. The average molecular weight is 286 g/mol. The zero-order valence-corrected chi connectivity index (χ0v) is 12.3. The molecule has 4 nitrogen and oxygen atoms in total. The lowest BCUT2D eigenvalue weighted by molar-refractivity contribution is 0.355. The molecule has 21 heavy (non-hydrogen) atoms. The van der Waals surface area contributed by atoms with Gasteiger partial charge in [-0.05, 0) is 35.4 Å². The normalized spacial score (nSPS) is 10.6. The Bertz CT molecular complexity index is 647. The molecule has 0 aliphatic heterocycles. The number of phenolic OH excluding ortho intramolecular Hbond substituents is 1. The smallest absolute Gasteiger partial charge is 0.161 e. The molecule has 0 saturated heterocycles. The Morgan fingerprint density at radius 1 is 0.714 bits per heavy atom. The maximum absolute atomic E-state index is 9.57. The van der Waals surface area contributed by atoms with Gasteiger partial charge in [-0.15, -0.1) is 0 Å². The second-order valence-electron chi connectivity index (χ2n) is 4.38. The van der Waals surface area contributed by atoms with Crippen molar-refractivity contribution in [2.24, 2.45) is 0 Å². The van der Waals surface area contributed by atoms with E-state index in [1.807, 2.05) is 36.4 Å². The van der Waals surface area contributed by atoms with Gasteiger partial charge in [0.15, 0.2) is 23.0 Å². The van der Waals surface area contributed by atoms with E-state index < -0.39 is 0 Å². The van der Waals surface area contributed by atoms with Crippen molar-refractivity contribution < 1.29 is 19.3 Å². The van der Waals surface area contributed by atoms with Crippen molar-refractivity contribution in [1.29, 1.82) is 0 Å². The van der Waals surface area contributed by atoms with Crippen molar-refractivity contribution in [3.63, 3.8) is 0 Å². The highest BCUT2D eigenvalue weighted by atomic mass is 16.5. The first-order valence-corrected chi connectivity index (χ1v) is 6.45. The summed E-state index contributed by atoms with van der Waals surface area (Å²) in [6.07, 6.45) is 3.89. The number of ether oxygens (including phenoxy) is 3. The first kappa shape index (κ1) is 14.8. The Kier molecular flexibility index (Phi) is 4.72. The van der Waals surface area contributed by atoms with Gasteiger partial charge in [0.1, 0.15) is 0 Å². The van der Waals surface area contributed by atoms with Crippen molar-refractivity contribution in [3.05, 3.63) is 47.5 Å². The molecule has 0 atom stereocenters. The third kappa shape index (κ3) is 3.48. The maximum atomic E-state index is 9.57. The number of hydrogen-bond donors (Lipinski definition) is 1. The topological polar surface area (TPSA) is 47.9 Å². The molecular formula is C17H18O4. The number of rotatable bonds is 5. The van der Waals surface area contributed by atoms with E-state index in [1.54, 1.807) is 26.4 Å². The van der Waals surface area contributed by atoms with Crippen LogP contribution in [0.15, 0.2) is 36.4 Å². The summed E-state index contributed by atoms with van der Waals surface area (Å²) in [5.74, 6) is 1.95. The third-order valence-corrected chi connectivity index (χ3v) is 3.08. The van der Waals surface area contributed by atoms with E-state index in [1.165, 1.54) is 7.11 Å². The molecular weight excluding hydrogens is 268 g/mol. The second kappa shape index (κ2) is 6.70. The highest BCUT2D eigenvalue weighted by Gasteiger charge is 2.03. The molecule has 1 N–H and O–H groups in total.